The molecule has 5 heteroatoms. The summed E-state index contributed by atoms with van der Waals surface area (Å²) >= 11 is 0. The first-order chi connectivity index (χ1) is 12.0. The van der Waals surface area contributed by atoms with Gasteiger partial charge in [0.05, 0.1) is 12.2 Å². The lowest BCUT2D eigenvalue weighted by molar-refractivity contribution is -0.132. The lowest BCUT2D eigenvalue weighted by atomic mass is 9.65. The summed E-state index contributed by atoms with van der Waals surface area (Å²) in [7, 11) is 5.64. The van der Waals surface area contributed by atoms with Crippen LogP contribution < -0.4 is 5.73 Å². The summed E-state index contributed by atoms with van der Waals surface area (Å²) in [5, 5.41) is 0. The van der Waals surface area contributed by atoms with Gasteiger partial charge in [-0.25, -0.2) is 0 Å². The molecule has 0 spiro atoms. The summed E-state index contributed by atoms with van der Waals surface area (Å²) in [6.45, 7) is 4.79. The Bertz CT molecular complexity index is 578. The summed E-state index contributed by atoms with van der Waals surface area (Å²) < 4.78 is 11.4. The summed E-state index contributed by atoms with van der Waals surface area (Å²) in [5.41, 5.74) is 6.70. The molecule has 3 atom stereocenters. The van der Waals surface area contributed by atoms with E-state index < -0.39 is 11.5 Å². The van der Waals surface area contributed by atoms with Gasteiger partial charge in [0, 0.05) is 38.8 Å². The molecule has 0 radical (unpaired) electrons. The van der Waals surface area contributed by atoms with Gasteiger partial charge >= 0.3 is 0 Å². The molecule has 1 aliphatic rings. The van der Waals surface area contributed by atoms with Crippen molar-refractivity contribution in [1.82, 2.24) is 4.90 Å². The molecule has 140 valence electrons. The van der Waals surface area contributed by atoms with Crippen LogP contribution in [0.25, 0.3) is 0 Å². The van der Waals surface area contributed by atoms with E-state index in [9.17, 15) is 4.79 Å². The van der Waals surface area contributed by atoms with Crippen LogP contribution in [0, 0.1) is 11.8 Å². The molecule has 0 aliphatic heterocycles. The third-order valence-corrected chi connectivity index (χ3v) is 5.67. The molecule has 0 saturated heterocycles. The topological polar surface area (TPSA) is 64.8 Å². The minimum absolute atomic E-state index is 0.353. The third kappa shape index (κ3) is 4.22. The SMILES string of the molecule is COCCN(C)CC1CCCC(C)C1(OC)c1cccc(C(N)=O)c1. The second-order valence-corrected chi connectivity index (χ2v) is 7.23. The number of rotatable bonds is 8. The maximum atomic E-state index is 11.6. The lowest BCUT2D eigenvalue weighted by Gasteiger charge is -2.49. The predicted octanol–water partition coefficient (Wildman–Crippen LogP) is 2.64. The first kappa shape index (κ1) is 19.9. The summed E-state index contributed by atoms with van der Waals surface area (Å²) in [4.78, 5) is 14.0. The highest BCUT2D eigenvalue weighted by molar-refractivity contribution is 5.92. The van der Waals surface area contributed by atoms with Crippen molar-refractivity contribution >= 4 is 5.91 Å². The van der Waals surface area contributed by atoms with Gasteiger partial charge < -0.3 is 20.1 Å². The molecule has 1 aromatic carbocycles. The van der Waals surface area contributed by atoms with Crippen molar-refractivity contribution in [2.75, 3.05) is 41.0 Å². The van der Waals surface area contributed by atoms with Crippen LogP contribution >= 0.6 is 0 Å². The number of hydrogen-bond donors (Lipinski definition) is 1. The molecule has 2 N–H and O–H groups in total. The Morgan fingerprint density at radius 3 is 2.76 bits per heavy atom. The van der Waals surface area contributed by atoms with Gasteiger partial charge in [-0.1, -0.05) is 25.5 Å². The summed E-state index contributed by atoms with van der Waals surface area (Å²) in [6.07, 6.45) is 3.42. The van der Waals surface area contributed by atoms with Gasteiger partial charge in [0.15, 0.2) is 0 Å². The number of carbonyl (C=O) groups excluding carboxylic acids is 1. The van der Waals surface area contributed by atoms with E-state index >= 15 is 0 Å². The van der Waals surface area contributed by atoms with Crippen LogP contribution in [0.3, 0.4) is 0 Å². The monoisotopic (exact) mass is 348 g/mol. The van der Waals surface area contributed by atoms with Crippen LogP contribution in [-0.4, -0.2) is 51.8 Å². The highest BCUT2D eigenvalue weighted by Gasteiger charge is 2.47. The molecule has 25 heavy (non-hydrogen) atoms. The van der Waals surface area contributed by atoms with Crippen LogP contribution in [-0.2, 0) is 15.1 Å². The number of amides is 1. The second kappa shape index (κ2) is 8.79. The Hall–Kier alpha value is -1.43. The molecule has 0 heterocycles. The highest BCUT2D eigenvalue weighted by atomic mass is 16.5. The van der Waals surface area contributed by atoms with Gasteiger partial charge in [-0.2, -0.15) is 0 Å². The van der Waals surface area contributed by atoms with Crippen molar-refractivity contribution in [3.8, 4) is 0 Å². The molecule has 0 bridgehead atoms. The standard InChI is InChI=1S/C20H32N2O3/c1-15-7-5-10-18(14-22(2)11-12-24-3)20(15,25-4)17-9-6-8-16(13-17)19(21)23/h6,8-9,13,15,18H,5,7,10-12,14H2,1-4H3,(H2,21,23). The van der Waals surface area contributed by atoms with Crippen molar-refractivity contribution in [2.45, 2.75) is 31.8 Å². The van der Waals surface area contributed by atoms with Crippen LogP contribution in [0.5, 0.6) is 0 Å². The van der Waals surface area contributed by atoms with Crippen molar-refractivity contribution in [2.24, 2.45) is 17.6 Å². The van der Waals surface area contributed by atoms with E-state index in [1.807, 2.05) is 12.1 Å². The van der Waals surface area contributed by atoms with E-state index in [2.05, 4.69) is 24.9 Å². The molecular formula is C20H32N2O3. The largest absolute Gasteiger partial charge is 0.383 e. The minimum atomic E-state index is -0.398. The van der Waals surface area contributed by atoms with E-state index in [0.29, 0.717) is 17.4 Å². The number of likely N-dealkylation sites (N-methyl/N-ethyl adjacent to an activating group) is 1. The van der Waals surface area contributed by atoms with E-state index in [1.165, 1.54) is 6.42 Å². The molecule has 5 nitrogen and oxygen atoms in total. The van der Waals surface area contributed by atoms with Gasteiger partial charge in [0.25, 0.3) is 0 Å². The maximum absolute atomic E-state index is 11.6. The zero-order valence-electron chi connectivity index (χ0n) is 16.0. The Morgan fingerprint density at radius 2 is 2.12 bits per heavy atom. The van der Waals surface area contributed by atoms with Crippen LogP contribution in [0.1, 0.15) is 42.1 Å². The van der Waals surface area contributed by atoms with Crippen molar-refractivity contribution in [1.29, 1.82) is 0 Å². The Kier molecular flexibility index (Phi) is 6.99. The maximum Gasteiger partial charge on any atom is 0.248 e. The minimum Gasteiger partial charge on any atom is -0.383 e. The molecule has 3 unspecified atom stereocenters. The zero-order chi connectivity index (χ0) is 18.4. The Morgan fingerprint density at radius 1 is 1.36 bits per heavy atom. The van der Waals surface area contributed by atoms with Gasteiger partial charge in [-0.05, 0) is 43.5 Å². The van der Waals surface area contributed by atoms with Crippen molar-refractivity contribution < 1.29 is 14.3 Å². The predicted molar refractivity (Wildman–Crippen MR) is 99.5 cm³/mol. The van der Waals surface area contributed by atoms with E-state index in [-0.39, 0.29) is 0 Å². The molecule has 1 amide bonds. The van der Waals surface area contributed by atoms with Gasteiger partial charge in [0.2, 0.25) is 5.91 Å². The zero-order valence-corrected chi connectivity index (χ0v) is 16.0. The average molecular weight is 348 g/mol. The van der Waals surface area contributed by atoms with Crippen molar-refractivity contribution in [3.05, 3.63) is 35.4 Å². The molecule has 1 aliphatic carbocycles. The van der Waals surface area contributed by atoms with Crippen LogP contribution in [0.15, 0.2) is 24.3 Å². The van der Waals surface area contributed by atoms with Gasteiger partial charge in [-0.3, -0.25) is 4.79 Å². The lowest BCUT2D eigenvalue weighted by Crippen LogP contribution is -2.50. The quantitative estimate of drug-likeness (QED) is 0.784. The molecule has 1 fully saturated rings. The molecule has 0 aromatic heterocycles. The number of hydrogen-bond acceptors (Lipinski definition) is 4. The fourth-order valence-corrected chi connectivity index (χ4v) is 4.36. The van der Waals surface area contributed by atoms with Crippen LogP contribution in [0.2, 0.25) is 0 Å². The normalized spacial score (nSPS) is 26.8. The first-order valence-corrected chi connectivity index (χ1v) is 9.08. The van der Waals surface area contributed by atoms with Crippen LogP contribution in [0.4, 0.5) is 0 Å². The smallest absolute Gasteiger partial charge is 0.248 e. The number of nitrogens with zero attached hydrogens (tertiary/aromatic N) is 1. The van der Waals surface area contributed by atoms with Crippen molar-refractivity contribution in [3.63, 3.8) is 0 Å². The second-order valence-electron chi connectivity index (χ2n) is 7.23. The Balaban J connectivity index is 2.37. The molecule has 1 aromatic rings. The van der Waals surface area contributed by atoms with Gasteiger partial charge in [0.1, 0.15) is 0 Å². The average Bonchev–Trinajstić information content (AvgIpc) is 2.60. The number of ether oxygens (including phenoxy) is 2. The Labute approximate surface area is 151 Å². The van der Waals surface area contributed by atoms with E-state index in [0.717, 1.165) is 38.1 Å². The van der Waals surface area contributed by atoms with E-state index in [4.69, 9.17) is 15.2 Å². The number of primary amides is 1. The van der Waals surface area contributed by atoms with Gasteiger partial charge in [-0.15, -0.1) is 0 Å². The first-order valence-electron chi connectivity index (χ1n) is 9.08. The fraction of sp³-hybridized carbons (Fsp3) is 0.650. The molecular weight excluding hydrogens is 316 g/mol. The molecule has 1 saturated carbocycles. The third-order valence-electron chi connectivity index (χ3n) is 5.67. The number of benzene rings is 1. The summed E-state index contributed by atoms with van der Waals surface area (Å²) in [6, 6.07) is 7.65. The summed E-state index contributed by atoms with van der Waals surface area (Å²) in [5.74, 6) is 0.326. The van der Waals surface area contributed by atoms with E-state index in [1.54, 1.807) is 20.3 Å². The highest BCUT2D eigenvalue weighted by Crippen LogP contribution is 2.48. The number of nitrogens with two attached hydrogens (primary N) is 1. The fourth-order valence-electron chi connectivity index (χ4n) is 4.36. The number of methoxy groups -OCH3 is 2. The molecule has 2 rings (SSSR count). The number of carbonyl (C=O) groups is 1.